The highest BCUT2D eigenvalue weighted by atomic mass is 32.2. The summed E-state index contributed by atoms with van der Waals surface area (Å²) in [6, 6.07) is 18.3. The summed E-state index contributed by atoms with van der Waals surface area (Å²) in [5.74, 6) is 1.44. The molecule has 2 aromatic carbocycles. The lowest BCUT2D eigenvalue weighted by molar-refractivity contribution is 0.454. The quantitative estimate of drug-likeness (QED) is 0.368. The Hall–Kier alpha value is -4.51. The van der Waals surface area contributed by atoms with Crippen molar-refractivity contribution in [1.29, 1.82) is 0 Å². The predicted molar refractivity (Wildman–Crippen MR) is 130 cm³/mol. The summed E-state index contributed by atoms with van der Waals surface area (Å²) < 4.78 is 37.3. The number of hydrogen-bond acceptors (Lipinski definition) is 7. The van der Waals surface area contributed by atoms with Crippen molar-refractivity contribution in [2.24, 2.45) is 0 Å². The number of nitrogens with zero attached hydrogens (tertiary/aromatic N) is 6. The highest BCUT2D eigenvalue weighted by molar-refractivity contribution is 7.92. The smallest absolute Gasteiger partial charge is 0.261 e. The molecule has 0 aliphatic heterocycles. The molecule has 1 N–H and O–H groups in total. The van der Waals surface area contributed by atoms with Gasteiger partial charge in [0.15, 0.2) is 5.82 Å². The molecule has 11 heteroatoms. The van der Waals surface area contributed by atoms with Gasteiger partial charge in [0, 0.05) is 29.8 Å². The number of ether oxygens (including phenoxy) is 1. The molecule has 0 aliphatic rings. The van der Waals surface area contributed by atoms with Crippen LogP contribution in [0.25, 0.3) is 11.5 Å². The first kappa shape index (κ1) is 22.3. The Balaban J connectivity index is 1.24. The summed E-state index contributed by atoms with van der Waals surface area (Å²) >= 11 is 0. The zero-order valence-electron chi connectivity index (χ0n) is 18.9. The second-order valence-electron chi connectivity index (χ2n) is 7.69. The fourth-order valence-electron chi connectivity index (χ4n) is 3.35. The van der Waals surface area contributed by atoms with Gasteiger partial charge in [-0.3, -0.25) is 9.29 Å². The summed E-state index contributed by atoms with van der Waals surface area (Å²) in [7, 11) is -3.75. The number of benzene rings is 2. The van der Waals surface area contributed by atoms with Gasteiger partial charge >= 0.3 is 0 Å². The zero-order chi connectivity index (χ0) is 24.4. The van der Waals surface area contributed by atoms with Gasteiger partial charge in [-0.05, 0) is 74.5 Å². The number of imidazole rings is 1. The van der Waals surface area contributed by atoms with Crippen LogP contribution in [-0.2, 0) is 10.0 Å². The van der Waals surface area contributed by atoms with Crippen LogP contribution >= 0.6 is 0 Å². The maximum absolute atomic E-state index is 12.8. The molecule has 0 aliphatic carbocycles. The SMILES string of the molecule is Cc1ncn(-c2ccc(Oc3ccc(NS(=O)(=O)c4ccc(-n5cccn5)cc4)cc3)nn2)c1C. The first-order valence-corrected chi connectivity index (χ1v) is 12.1. The topological polar surface area (TPSA) is 117 Å². The predicted octanol–water partition coefficient (Wildman–Crippen LogP) is 4.06. The van der Waals surface area contributed by atoms with E-state index in [2.05, 4.69) is 25.0 Å². The van der Waals surface area contributed by atoms with E-state index in [0.29, 0.717) is 23.1 Å². The first-order valence-electron chi connectivity index (χ1n) is 10.6. The van der Waals surface area contributed by atoms with Gasteiger partial charge in [-0.2, -0.15) is 5.10 Å². The molecule has 0 saturated carbocycles. The molecule has 3 heterocycles. The number of rotatable bonds is 7. The number of hydrogen-bond donors (Lipinski definition) is 1. The molecular weight excluding hydrogens is 466 g/mol. The Kier molecular flexibility index (Phi) is 5.75. The van der Waals surface area contributed by atoms with Crippen LogP contribution < -0.4 is 9.46 Å². The van der Waals surface area contributed by atoms with Crippen molar-refractivity contribution >= 4 is 15.7 Å². The molecule has 5 aromatic rings. The molecule has 3 aromatic heterocycles. The summed E-state index contributed by atoms with van der Waals surface area (Å²) in [6.45, 7) is 3.89. The van der Waals surface area contributed by atoms with Crippen LogP contribution in [0.15, 0.2) is 90.3 Å². The Morgan fingerprint density at radius 2 is 1.69 bits per heavy atom. The average Bonchev–Trinajstić information content (AvgIpc) is 3.52. The van der Waals surface area contributed by atoms with Crippen molar-refractivity contribution in [3.05, 3.63) is 96.8 Å². The van der Waals surface area contributed by atoms with Gasteiger partial charge in [0.25, 0.3) is 10.0 Å². The van der Waals surface area contributed by atoms with E-state index in [0.717, 1.165) is 17.1 Å². The highest BCUT2D eigenvalue weighted by Gasteiger charge is 2.15. The van der Waals surface area contributed by atoms with Crippen molar-refractivity contribution in [1.82, 2.24) is 29.5 Å². The maximum Gasteiger partial charge on any atom is 0.261 e. The molecule has 0 saturated heterocycles. The minimum absolute atomic E-state index is 0.146. The van der Waals surface area contributed by atoms with Gasteiger partial charge in [-0.15, -0.1) is 10.2 Å². The lowest BCUT2D eigenvalue weighted by atomic mass is 10.3. The number of anilines is 1. The zero-order valence-corrected chi connectivity index (χ0v) is 19.7. The monoisotopic (exact) mass is 487 g/mol. The van der Waals surface area contributed by atoms with Crippen LogP contribution in [0.5, 0.6) is 11.6 Å². The molecule has 0 unspecified atom stereocenters. The van der Waals surface area contributed by atoms with E-state index >= 15 is 0 Å². The minimum Gasteiger partial charge on any atom is -0.438 e. The second kappa shape index (κ2) is 9.03. The van der Waals surface area contributed by atoms with E-state index in [9.17, 15) is 8.42 Å². The van der Waals surface area contributed by atoms with Crippen LogP contribution in [0, 0.1) is 13.8 Å². The van der Waals surface area contributed by atoms with Gasteiger partial charge in [-0.1, -0.05) is 0 Å². The van der Waals surface area contributed by atoms with Crippen molar-refractivity contribution in [3.63, 3.8) is 0 Å². The van der Waals surface area contributed by atoms with Crippen molar-refractivity contribution in [3.8, 4) is 23.1 Å². The van der Waals surface area contributed by atoms with Crippen molar-refractivity contribution in [2.45, 2.75) is 18.7 Å². The first-order chi connectivity index (χ1) is 16.9. The van der Waals surface area contributed by atoms with E-state index in [-0.39, 0.29) is 4.90 Å². The lowest BCUT2D eigenvalue weighted by Gasteiger charge is -2.10. The Morgan fingerprint density at radius 1 is 0.914 bits per heavy atom. The third-order valence-electron chi connectivity index (χ3n) is 5.37. The van der Waals surface area contributed by atoms with E-state index in [1.807, 2.05) is 18.4 Å². The summed E-state index contributed by atoms with van der Waals surface area (Å²) in [6.07, 6.45) is 5.14. The molecule has 0 atom stereocenters. The van der Waals surface area contributed by atoms with E-state index in [4.69, 9.17) is 4.74 Å². The van der Waals surface area contributed by atoms with Gasteiger partial charge in [-0.25, -0.2) is 18.1 Å². The third kappa shape index (κ3) is 4.75. The molecular formula is C24H21N7O3S. The number of sulfonamides is 1. The Labute approximate surface area is 201 Å². The summed E-state index contributed by atoms with van der Waals surface area (Å²) in [4.78, 5) is 4.41. The fraction of sp³-hybridized carbons (Fsp3) is 0.0833. The molecule has 10 nitrogen and oxygen atoms in total. The standard InChI is InChI=1S/C24H21N7O3S/c1-17-18(2)30(16-25-17)23-12-13-24(28-27-23)34-21-8-4-19(5-9-21)29-35(32,33)22-10-6-20(7-11-22)31-15-3-14-26-31/h3-16,29H,1-2H3. The number of aromatic nitrogens is 6. The van der Waals surface area contributed by atoms with E-state index in [1.165, 1.54) is 12.1 Å². The molecule has 0 fully saturated rings. The summed E-state index contributed by atoms with van der Waals surface area (Å²) in [5.41, 5.74) is 3.08. The molecule has 35 heavy (non-hydrogen) atoms. The van der Waals surface area contributed by atoms with E-state index < -0.39 is 10.0 Å². The summed E-state index contributed by atoms with van der Waals surface area (Å²) in [5, 5.41) is 12.4. The second-order valence-corrected chi connectivity index (χ2v) is 9.37. The molecule has 5 rings (SSSR count). The molecule has 176 valence electrons. The van der Waals surface area contributed by atoms with Gasteiger partial charge < -0.3 is 4.74 Å². The minimum atomic E-state index is -3.75. The normalized spacial score (nSPS) is 11.4. The van der Waals surface area contributed by atoms with Crippen LogP contribution in [0.2, 0.25) is 0 Å². The highest BCUT2D eigenvalue weighted by Crippen LogP contribution is 2.24. The molecule has 0 amide bonds. The molecule has 0 radical (unpaired) electrons. The van der Waals surface area contributed by atoms with Crippen molar-refractivity contribution < 1.29 is 13.2 Å². The Morgan fingerprint density at radius 3 is 2.29 bits per heavy atom. The van der Waals surface area contributed by atoms with Crippen LogP contribution in [0.3, 0.4) is 0 Å². The molecule has 0 spiro atoms. The van der Waals surface area contributed by atoms with Gasteiger partial charge in [0.2, 0.25) is 5.88 Å². The lowest BCUT2D eigenvalue weighted by Crippen LogP contribution is -2.13. The van der Waals surface area contributed by atoms with E-state index in [1.54, 1.807) is 78.0 Å². The average molecular weight is 488 g/mol. The van der Waals surface area contributed by atoms with Crippen LogP contribution in [-0.4, -0.2) is 37.9 Å². The maximum atomic E-state index is 12.8. The van der Waals surface area contributed by atoms with Crippen LogP contribution in [0.4, 0.5) is 5.69 Å². The molecule has 0 bridgehead atoms. The Bertz CT molecular complexity index is 1540. The number of nitrogens with one attached hydrogen (secondary N) is 1. The van der Waals surface area contributed by atoms with Crippen molar-refractivity contribution in [2.75, 3.05) is 4.72 Å². The largest absolute Gasteiger partial charge is 0.438 e. The van der Waals surface area contributed by atoms with Crippen LogP contribution in [0.1, 0.15) is 11.4 Å². The van der Waals surface area contributed by atoms with Gasteiger partial charge in [0.1, 0.15) is 12.1 Å². The number of aryl methyl sites for hydroxylation is 1. The van der Waals surface area contributed by atoms with Gasteiger partial charge in [0.05, 0.1) is 16.3 Å². The fourth-order valence-corrected chi connectivity index (χ4v) is 4.41. The third-order valence-corrected chi connectivity index (χ3v) is 6.77.